The Kier molecular flexibility index (Phi) is 4.29. The van der Waals surface area contributed by atoms with E-state index in [1.165, 1.54) is 16.1 Å². The molecule has 0 aromatic carbocycles. The third-order valence-corrected chi connectivity index (χ3v) is 4.98. The SMILES string of the molecule is Cc1ccnc(N)c1C.Nc1nc2c(s1)CCCc1[nH]ncc1-2. The van der Waals surface area contributed by atoms with Gasteiger partial charge >= 0.3 is 0 Å². The lowest BCUT2D eigenvalue weighted by Crippen LogP contribution is -1.94. The number of hydrogen-bond acceptors (Lipinski definition) is 6. The minimum absolute atomic E-state index is 0.634. The average molecular weight is 328 g/mol. The van der Waals surface area contributed by atoms with Crippen molar-refractivity contribution in [3.05, 3.63) is 40.2 Å². The zero-order valence-corrected chi connectivity index (χ0v) is 14.1. The van der Waals surface area contributed by atoms with Gasteiger partial charge in [-0.05, 0) is 50.3 Å². The van der Waals surface area contributed by atoms with Crippen LogP contribution in [0.15, 0.2) is 18.5 Å². The molecule has 0 bridgehead atoms. The van der Waals surface area contributed by atoms with Crippen LogP contribution >= 0.6 is 11.3 Å². The molecule has 0 fully saturated rings. The molecule has 5 N–H and O–H groups in total. The number of pyridine rings is 1. The van der Waals surface area contributed by atoms with Crippen LogP contribution in [0.5, 0.6) is 0 Å². The van der Waals surface area contributed by atoms with Gasteiger partial charge in [0.15, 0.2) is 5.13 Å². The number of aromatic amines is 1. The first-order valence-corrected chi connectivity index (χ1v) is 8.33. The van der Waals surface area contributed by atoms with E-state index < -0.39 is 0 Å². The highest BCUT2D eigenvalue weighted by atomic mass is 32.1. The molecule has 4 rings (SSSR count). The number of nitrogens with two attached hydrogens (primary N) is 2. The van der Waals surface area contributed by atoms with Crippen molar-refractivity contribution in [2.45, 2.75) is 33.1 Å². The van der Waals surface area contributed by atoms with Crippen molar-refractivity contribution >= 4 is 22.3 Å². The van der Waals surface area contributed by atoms with Crippen LogP contribution in [0.1, 0.15) is 28.1 Å². The molecule has 0 saturated heterocycles. The molecule has 3 heterocycles. The number of anilines is 2. The van der Waals surface area contributed by atoms with Gasteiger partial charge in [-0.25, -0.2) is 9.97 Å². The number of nitrogens with zero attached hydrogens (tertiary/aromatic N) is 3. The van der Waals surface area contributed by atoms with Crippen molar-refractivity contribution in [3.63, 3.8) is 0 Å². The molecule has 3 aromatic heterocycles. The van der Waals surface area contributed by atoms with Crippen LogP contribution in [-0.4, -0.2) is 20.2 Å². The van der Waals surface area contributed by atoms with Crippen LogP contribution in [0.4, 0.5) is 10.9 Å². The number of aromatic nitrogens is 4. The van der Waals surface area contributed by atoms with Crippen LogP contribution in [0.2, 0.25) is 0 Å². The summed E-state index contributed by atoms with van der Waals surface area (Å²) in [4.78, 5) is 9.57. The van der Waals surface area contributed by atoms with E-state index in [1.54, 1.807) is 17.5 Å². The summed E-state index contributed by atoms with van der Waals surface area (Å²) in [7, 11) is 0. The first kappa shape index (κ1) is 15.5. The van der Waals surface area contributed by atoms with Crippen LogP contribution in [0.25, 0.3) is 11.3 Å². The lowest BCUT2D eigenvalue weighted by atomic mass is 10.2. The third kappa shape index (κ3) is 3.19. The predicted octanol–water partition coefficient (Wildman–Crippen LogP) is 2.88. The van der Waals surface area contributed by atoms with Crippen molar-refractivity contribution < 1.29 is 0 Å². The largest absolute Gasteiger partial charge is 0.383 e. The average Bonchev–Trinajstić information content (AvgIpc) is 3.09. The number of fused-ring (bicyclic) bond motifs is 3. The van der Waals surface area contributed by atoms with E-state index in [0.717, 1.165) is 36.1 Å². The second kappa shape index (κ2) is 6.37. The Labute approximate surface area is 139 Å². The summed E-state index contributed by atoms with van der Waals surface area (Å²) in [6, 6.07) is 1.95. The second-order valence-electron chi connectivity index (χ2n) is 5.58. The highest BCUT2D eigenvalue weighted by molar-refractivity contribution is 7.15. The molecule has 23 heavy (non-hydrogen) atoms. The fourth-order valence-electron chi connectivity index (χ4n) is 2.54. The normalized spacial score (nSPS) is 12.6. The maximum atomic E-state index is 5.71. The second-order valence-corrected chi connectivity index (χ2v) is 6.69. The highest BCUT2D eigenvalue weighted by Crippen LogP contribution is 2.34. The molecule has 7 heteroatoms. The van der Waals surface area contributed by atoms with Gasteiger partial charge in [0.25, 0.3) is 0 Å². The summed E-state index contributed by atoms with van der Waals surface area (Å²) in [5, 5.41) is 7.73. The molecule has 0 unspecified atom stereocenters. The number of hydrogen-bond donors (Lipinski definition) is 3. The third-order valence-electron chi connectivity index (χ3n) is 4.03. The summed E-state index contributed by atoms with van der Waals surface area (Å²) in [5.41, 5.74) is 16.9. The minimum Gasteiger partial charge on any atom is -0.383 e. The quantitative estimate of drug-likeness (QED) is 0.588. The first-order chi connectivity index (χ1) is 11.1. The van der Waals surface area contributed by atoms with Crippen molar-refractivity contribution in [1.29, 1.82) is 0 Å². The maximum Gasteiger partial charge on any atom is 0.180 e. The molecule has 0 aliphatic heterocycles. The molecule has 120 valence electrons. The molecule has 6 nitrogen and oxygen atoms in total. The van der Waals surface area contributed by atoms with E-state index in [1.807, 2.05) is 26.1 Å². The van der Waals surface area contributed by atoms with Crippen molar-refractivity contribution in [2.75, 3.05) is 11.5 Å². The molecular weight excluding hydrogens is 308 g/mol. The molecular formula is C16H20N6S. The number of nitrogens with one attached hydrogen (secondary N) is 1. The lowest BCUT2D eigenvalue weighted by Gasteiger charge is -1.99. The fraction of sp³-hybridized carbons (Fsp3) is 0.312. The molecule has 0 radical (unpaired) electrons. The molecule has 1 aliphatic rings. The number of thiazole rings is 1. The standard InChI is InChI=1S/C9H10N4S.C7H10N2/c10-9-12-8-5-4-11-13-6(5)2-1-3-7(8)14-9;1-5-3-4-9-7(8)6(5)2/h4H,1-3H2,(H2,10,12)(H,11,13);3-4H,1-2H3,(H2,8,9). The maximum absolute atomic E-state index is 5.71. The van der Waals surface area contributed by atoms with Gasteiger partial charge in [0.1, 0.15) is 5.82 Å². The Balaban J connectivity index is 0.000000151. The Bertz CT molecular complexity index is 800. The van der Waals surface area contributed by atoms with Crippen LogP contribution < -0.4 is 11.5 Å². The molecule has 0 amide bonds. The van der Waals surface area contributed by atoms with Crippen molar-refractivity contribution in [3.8, 4) is 11.3 Å². The summed E-state index contributed by atoms with van der Waals surface area (Å²) in [6.45, 7) is 3.99. The molecule has 3 aromatic rings. The predicted molar refractivity (Wildman–Crippen MR) is 94.3 cm³/mol. The van der Waals surface area contributed by atoms with Gasteiger partial charge in [0.05, 0.1) is 11.9 Å². The minimum atomic E-state index is 0.634. The van der Waals surface area contributed by atoms with Gasteiger partial charge in [-0.1, -0.05) is 0 Å². The zero-order chi connectivity index (χ0) is 16.4. The van der Waals surface area contributed by atoms with Gasteiger partial charge in [-0.15, -0.1) is 11.3 Å². The van der Waals surface area contributed by atoms with Crippen LogP contribution in [-0.2, 0) is 12.8 Å². The smallest absolute Gasteiger partial charge is 0.180 e. The Morgan fingerprint density at radius 1 is 1.22 bits per heavy atom. The van der Waals surface area contributed by atoms with E-state index in [9.17, 15) is 0 Å². The van der Waals surface area contributed by atoms with Crippen LogP contribution in [0.3, 0.4) is 0 Å². The number of nitrogen functional groups attached to an aromatic ring is 2. The Morgan fingerprint density at radius 2 is 2.04 bits per heavy atom. The van der Waals surface area contributed by atoms with Gasteiger partial charge in [-0.2, -0.15) is 5.10 Å². The summed E-state index contributed by atoms with van der Waals surface area (Å²) < 4.78 is 0. The topological polar surface area (TPSA) is 106 Å². The van der Waals surface area contributed by atoms with Crippen LogP contribution in [0, 0.1) is 13.8 Å². The summed E-state index contributed by atoms with van der Waals surface area (Å²) in [5.74, 6) is 0.634. The van der Waals surface area contributed by atoms with E-state index in [2.05, 4.69) is 20.2 Å². The monoisotopic (exact) mass is 328 g/mol. The highest BCUT2D eigenvalue weighted by Gasteiger charge is 2.19. The fourth-order valence-corrected chi connectivity index (χ4v) is 3.42. The Hall–Kier alpha value is -2.41. The summed E-state index contributed by atoms with van der Waals surface area (Å²) in [6.07, 6.45) is 6.84. The molecule has 0 atom stereocenters. The molecule has 0 saturated carbocycles. The first-order valence-electron chi connectivity index (χ1n) is 7.51. The van der Waals surface area contributed by atoms with E-state index in [0.29, 0.717) is 10.9 Å². The molecule has 0 spiro atoms. The summed E-state index contributed by atoms with van der Waals surface area (Å²) >= 11 is 1.60. The number of aryl methyl sites for hydroxylation is 3. The van der Waals surface area contributed by atoms with E-state index >= 15 is 0 Å². The van der Waals surface area contributed by atoms with Gasteiger partial charge in [0.2, 0.25) is 0 Å². The van der Waals surface area contributed by atoms with E-state index in [4.69, 9.17) is 11.5 Å². The molecule has 1 aliphatic carbocycles. The van der Waals surface area contributed by atoms with Gasteiger partial charge < -0.3 is 11.5 Å². The number of H-pyrrole nitrogens is 1. The van der Waals surface area contributed by atoms with Crippen molar-refractivity contribution in [1.82, 2.24) is 20.2 Å². The zero-order valence-electron chi connectivity index (χ0n) is 13.3. The van der Waals surface area contributed by atoms with Crippen molar-refractivity contribution in [2.24, 2.45) is 0 Å². The van der Waals surface area contributed by atoms with E-state index in [-0.39, 0.29) is 0 Å². The lowest BCUT2D eigenvalue weighted by molar-refractivity contribution is 0.811. The van der Waals surface area contributed by atoms with Gasteiger partial charge in [0, 0.05) is 22.3 Å². The Morgan fingerprint density at radius 3 is 2.78 bits per heavy atom. The van der Waals surface area contributed by atoms with Gasteiger partial charge in [-0.3, -0.25) is 5.10 Å². The number of rotatable bonds is 0.